The predicted molar refractivity (Wildman–Crippen MR) is 115 cm³/mol. The molecule has 0 saturated heterocycles. The van der Waals surface area contributed by atoms with E-state index in [0.29, 0.717) is 6.54 Å². The van der Waals surface area contributed by atoms with Crippen LogP contribution in [-0.4, -0.2) is 11.5 Å². The van der Waals surface area contributed by atoms with Crippen LogP contribution in [0.2, 0.25) is 4.34 Å². The highest BCUT2D eigenvalue weighted by molar-refractivity contribution is 7.19. The van der Waals surface area contributed by atoms with Crippen molar-refractivity contribution in [1.82, 2.24) is 4.98 Å². The fourth-order valence-electron chi connectivity index (χ4n) is 3.28. The lowest BCUT2D eigenvalue weighted by molar-refractivity contribution is 0.483. The number of para-hydroxylation sites is 1. The van der Waals surface area contributed by atoms with Crippen molar-refractivity contribution in [2.75, 3.05) is 6.54 Å². The Bertz CT molecular complexity index is 1040. The Morgan fingerprint density at radius 3 is 2.56 bits per heavy atom. The lowest BCUT2D eigenvalue weighted by atomic mass is 10.0. The van der Waals surface area contributed by atoms with Gasteiger partial charge in [0, 0.05) is 10.9 Å². The zero-order chi connectivity index (χ0) is 18.6. The Morgan fingerprint density at radius 2 is 1.81 bits per heavy atom. The number of rotatable bonds is 7. The standard InChI is InChI=1S/C22H21ClN2OS/c23-21-12-11-20(27-21)22-17(8-4-5-13-24)18-14-16(9-10-19(18)25-22)26-15-6-2-1-3-7-15/h1-3,6-7,9-12,14,25H,4-5,8,13,24H2. The third-order valence-electron chi connectivity index (χ3n) is 4.56. The van der Waals surface area contributed by atoms with Crippen LogP contribution in [0, 0.1) is 0 Å². The zero-order valence-electron chi connectivity index (χ0n) is 14.9. The average Bonchev–Trinajstić information content (AvgIpc) is 3.26. The molecule has 0 aliphatic rings. The Balaban J connectivity index is 1.75. The number of benzene rings is 2. The molecule has 0 bridgehead atoms. The minimum Gasteiger partial charge on any atom is -0.457 e. The molecule has 0 amide bonds. The van der Waals surface area contributed by atoms with E-state index in [9.17, 15) is 0 Å². The summed E-state index contributed by atoms with van der Waals surface area (Å²) in [5.74, 6) is 1.67. The van der Waals surface area contributed by atoms with Gasteiger partial charge in [-0.1, -0.05) is 29.8 Å². The van der Waals surface area contributed by atoms with Crippen molar-refractivity contribution >= 4 is 33.8 Å². The van der Waals surface area contributed by atoms with Gasteiger partial charge in [-0.2, -0.15) is 0 Å². The van der Waals surface area contributed by atoms with E-state index in [2.05, 4.69) is 23.2 Å². The van der Waals surface area contributed by atoms with Gasteiger partial charge in [0.1, 0.15) is 11.5 Å². The molecule has 0 fully saturated rings. The molecule has 0 spiro atoms. The smallest absolute Gasteiger partial charge is 0.128 e. The quantitative estimate of drug-likeness (QED) is 0.345. The molecule has 3 N–H and O–H groups in total. The molecule has 2 aromatic heterocycles. The van der Waals surface area contributed by atoms with Crippen molar-refractivity contribution in [3.05, 3.63) is 70.6 Å². The lowest BCUT2D eigenvalue weighted by Crippen LogP contribution is -1.99. The summed E-state index contributed by atoms with van der Waals surface area (Å²) in [5, 5.41) is 1.19. The van der Waals surface area contributed by atoms with Gasteiger partial charge in [0.2, 0.25) is 0 Å². The summed E-state index contributed by atoms with van der Waals surface area (Å²) in [7, 11) is 0. The van der Waals surface area contributed by atoms with Gasteiger partial charge in [0.05, 0.1) is 14.9 Å². The summed E-state index contributed by atoms with van der Waals surface area (Å²) in [6, 6.07) is 20.1. The highest BCUT2D eigenvalue weighted by atomic mass is 35.5. The minimum absolute atomic E-state index is 0.713. The molecule has 4 rings (SSSR count). The Kier molecular flexibility index (Phi) is 5.48. The first-order valence-electron chi connectivity index (χ1n) is 9.08. The first-order chi connectivity index (χ1) is 13.2. The van der Waals surface area contributed by atoms with Crippen LogP contribution in [0.3, 0.4) is 0 Å². The molecule has 0 atom stereocenters. The van der Waals surface area contributed by atoms with Crippen LogP contribution in [0.1, 0.15) is 18.4 Å². The average molecular weight is 397 g/mol. The maximum atomic E-state index is 6.17. The molecular formula is C22H21ClN2OS. The highest BCUT2D eigenvalue weighted by Gasteiger charge is 2.15. The second-order valence-electron chi connectivity index (χ2n) is 6.45. The van der Waals surface area contributed by atoms with Crippen molar-refractivity contribution < 1.29 is 4.74 Å². The van der Waals surface area contributed by atoms with Crippen molar-refractivity contribution in [1.29, 1.82) is 0 Å². The number of aryl methyl sites for hydroxylation is 1. The molecule has 3 nitrogen and oxygen atoms in total. The molecule has 0 saturated carbocycles. The van der Waals surface area contributed by atoms with Gasteiger partial charge in [-0.25, -0.2) is 0 Å². The van der Waals surface area contributed by atoms with Gasteiger partial charge in [-0.15, -0.1) is 11.3 Å². The van der Waals surface area contributed by atoms with Gasteiger partial charge in [-0.3, -0.25) is 0 Å². The Hall–Kier alpha value is -2.27. The molecule has 2 aromatic carbocycles. The second-order valence-corrected chi connectivity index (χ2v) is 8.17. The zero-order valence-corrected chi connectivity index (χ0v) is 16.4. The van der Waals surface area contributed by atoms with E-state index in [1.807, 2.05) is 42.5 Å². The fourth-order valence-corrected chi connectivity index (χ4v) is 4.35. The lowest BCUT2D eigenvalue weighted by Gasteiger charge is -2.07. The largest absolute Gasteiger partial charge is 0.457 e. The van der Waals surface area contributed by atoms with Crippen molar-refractivity contribution in [3.8, 4) is 22.1 Å². The Morgan fingerprint density at radius 1 is 0.963 bits per heavy atom. The van der Waals surface area contributed by atoms with E-state index in [4.69, 9.17) is 22.1 Å². The molecule has 4 aromatic rings. The van der Waals surface area contributed by atoms with Crippen LogP contribution in [0.25, 0.3) is 21.5 Å². The van der Waals surface area contributed by atoms with Crippen LogP contribution in [-0.2, 0) is 6.42 Å². The van der Waals surface area contributed by atoms with Crippen molar-refractivity contribution in [2.24, 2.45) is 5.73 Å². The summed E-state index contributed by atoms with van der Waals surface area (Å²) >= 11 is 7.77. The number of hydrogen-bond acceptors (Lipinski definition) is 3. The molecule has 0 aliphatic heterocycles. The molecule has 5 heteroatoms. The maximum Gasteiger partial charge on any atom is 0.128 e. The fraction of sp³-hybridized carbons (Fsp3) is 0.182. The van der Waals surface area contributed by atoms with E-state index in [-0.39, 0.29) is 0 Å². The molecular weight excluding hydrogens is 376 g/mol. The predicted octanol–water partition coefficient (Wildman–Crippen LogP) is 6.62. The number of H-pyrrole nitrogens is 1. The molecule has 138 valence electrons. The van der Waals surface area contributed by atoms with Gasteiger partial charge in [-0.05, 0) is 73.8 Å². The topological polar surface area (TPSA) is 51.0 Å². The second kappa shape index (κ2) is 8.17. The summed E-state index contributed by atoms with van der Waals surface area (Å²) < 4.78 is 6.83. The van der Waals surface area contributed by atoms with Crippen LogP contribution in [0.4, 0.5) is 0 Å². The number of aromatic nitrogens is 1. The number of thiophene rings is 1. The van der Waals surface area contributed by atoms with E-state index < -0.39 is 0 Å². The van der Waals surface area contributed by atoms with Crippen LogP contribution in [0.15, 0.2) is 60.7 Å². The molecule has 0 radical (unpaired) electrons. The van der Waals surface area contributed by atoms with Gasteiger partial charge in [0.25, 0.3) is 0 Å². The number of nitrogens with two attached hydrogens (primary N) is 1. The minimum atomic E-state index is 0.713. The molecule has 27 heavy (non-hydrogen) atoms. The number of unbranched alkanes of at least 4 members (excludes halogenated alkanes) is 1. The number of ether oxygens (including phenoxy) is 1. The van der Waals surface area contributed by atoms with Crippen LogP contribution >= 0.6 is 22.9 Å². The monoisotopic (exact) mass is 396 g/mol. The summed E-state index contributed by atoms with van der Waals surface area (Å²) in [6.07, 6.45) is 3.04. The number of halogens is 1. The molecule has 0 aliphatic carbocycles. The number of aromatic amines is 1. The third kappa shape index (κ3) is 4.03. The molecule has 2 heterocycles. The van der Waals surface area contributed by atoms with Gasteiger partial charge < -0.3 is 15.5 Å². The van der Waals surface area contributed by atoms with Crippen molar-refractivity contribution in [2.45, 2.75) is 19.3 Å². The highest BCUT2D eigenvalue weighted by Crippen LogP contribution is 2.38. The van der Waals surface area contributed by atoms with E-state index in [0.717, 1.165) is 51.2 Å². The third-order valence-corrected chi connectivity index (χ3v) is 5.81. The van der Waals surface area contributed by atoms with Gasteiger partial charge in [0.15, 0.2) is 0 Å². The summed E-state index contributed by atoms with van der Waals surface area (Å²) in [6.45, 7) is 0.713. The van der Waals surface area contributed by atoms with Crippen LogP contribution in [0.5, 0.6) is 11.5 Å². The SMILES string of the molecule is NCCCCc1c(-c2ccc(Cl)s2)[nH]c2ccc(Oc3ccccc3)cc12. The Labute approximate surface area is 167 Å². The van der Waals surface area contributed by atoms with E-state index >= 15 is 0 Å². The summed E-state index contributed by atoms with van der Waals surface area (Å²) in [4.78, 5) is 4.73. The van der Waals surface area contributed by atoms with Crippen LogP contribution < -0.4 is 10.5 Å². The van der Waals surface area contributed by atoms with Gasteiger partial charge >= 0.3 is 0 Å². The number of fused-ring (bicyclic) bond motifs is 1. The maximum absolute atomic E-state index is 6.17. The number of hydrogen-bond donors (Lipinski definition) is 2. The molecule has 0 unspecified atom stereocenters. The summed E-state index contributed by atoms with van der Waals surface area (Å²) in [5.41, 5.74) is 9.26. The van der Waals surface area contributed by atoms with E-state index in [1.54, 1.807) is 11.3 Å². The number of nitrogens with one attached hydrogen (secondary N) is 1. The van der Waals surface area contributed by atoms with Crippen molar-refractivity contribution in [3.63, 3.8) is 0 Å². The first-order valence-corrected chi connectivity index (χ1v) is 10.3. The van der Waals surface area contributed by atoms with E-state index in [1.165, 1.54) is 10.9 Å². The normalized spacial score (nSPS) is 11.2. The first kappa shape index (κ1) is 18.1.